The van der Waals surface area contributed by atoms with Crippen molar-refractivity contribution in [1.82, 2.24) is 19.8 Å². The summed E-state index contributed by atoms with van der Waals surface area (Å²) >= 11 is 5.80. The highest BCUT2D eigenvalue weighted by atomic mass is 32.1. The molecule has 1 N–H and O–H groups in total. The standard InChI is InChI=1S/C26H32N4S/c1-6-7-14-29-25(24(28-26(29)31)22-10-8-9-13-27-22)21-16-19(4)30(20(21)5)23-15-17(2)11-12-18(23)3/h8-13,15-16,24-25H,6-7,14H2,1-5H3,(H,28,31). The maximum atomic E-state index is 5.80. The molecule has 5 heteroatoms. The van der Waals surface area contributed by atoms with Gasteiger partial charge in [-0.25, -0.2) is 0 Å². The number of benzene rings is 1. The molecule has 0 bridgehead atoms. The van der Waals surface area contributed by atoms with Gasteiger partial charge in [0.2, 0.25) is 0 Å². The second kappa shape index (κ2) is 8.83. The van der Waals surface area contributed by atoms with Gasteiger partial charge in [0.25, 0.3) is 0 Å². The number of nitrogens with zero attached hydrogens (tertiary/aromatic N) is 3. The first-order valence-electron chi connectivity index (χ1n) is 11.2. The molecule has 0 saturated carbocycles. The Morgan fingerprint density at radius 2 is 1.87 bits per heavy atom. The molecule has 31 heavy (non-hydrogen) atoms. The van der Waals surface area contributed by atoms with Gasteiger partial charge in [-0.15, -0.1) is 0 Å². The Morgan fingerprint density at radius 1 is 1.06 bits per heavy atom. The largest absolute Gasteiger partial charge is 0.352 e. The molecule has 2 aromatic heterocycles. The van der Waals surface area contributed by atoms with Crippen LogP contribution in [0.25, 0.3) is 5.69 Å². The Labute approximate surface area is 191 Å². The molecule has 0 spiro atoms. The molecule has 1 aromatic carbocycles. The van der Waals surface area contributed by atoms with Crippen LogP contribution in [0.3, 0.4) is 0 Å². The minimum Gasteiger partial charge on any atom is -0.352 e. The van der Waals surface area contributed by atoms with Crippen LogP contribution in [0.5, 0.6) is 0 Å². The fourth-order valence-corrected chi connectivity index (χ4v) is 5.06. The summed E-state index contributed by atoms with van der Waals surface area (Å²) in [5.74, 6) is 0. The lowest BCUT2D eigenvalue weighted by atomic mass is 9.96. The average molecular weight is 433 g/mol. The third-order valence-electron chi connectivity index (χ3n) is 6.34. The van der Waals surface area contributed by atoms with Crippen molar-refractivity contribution in [1.29, 1.82) is 0 Å². The quantitative estimate of drug-likeness (QED) is 0.493. The number of thiocarbonyl (C=S) groups is 1. The van der Waals surface area contributed by atoms with Crippen LogP contribution in [0.4, 0.5) is 0 Å². The Hall–Kier alpha value is -2.66. The van der Waals surface area contributed by atoms with E-state index in [0.717, 1.165) is 30.2 Å². The van der Waals surface area contributed by atoms with E-state index < -0.39 is 0 Å². The molecule has 3 heterocycles. The van der Waals surface area contributed by atoms with Gasteiger partial charge in [-0.1, -0.05) is 31.5 Å². The molecule has 1 fully saturated rings. The molecule has 4 nitrogen and oxygen atoms in total. The molecular formula is C26H32N4S. The van der Waals surface area contributed by atoms with Crippen LogP contribution in [0.15, 0.2) is 48.7 Å². The van der Waals surface area contributed by atoms with Crippen LogP contribution >= 0.6 is 12.2 Å². The summed E-state index contributed by atoms with van der Waals surface area (Å²) in [6.45, 7) is 11.9. The fourth-order valence-electron chi connectivity index (χ4n) is 4.73. The lowest BCUT2D eigenvalue weighted by molar-refractivity contribution is 0.312. The molecule has 3 aromatic rings. The maximum absolute atomic E-state index is 5.80. The number of hydrogen-bond acceptors (Lipinski definition) is 2. The lowest BCUT2D eigenvalue weighted by Gasteiger charge is -2.28. The lowest BCUT2D eigenvalue weighted by Crippen LogP contribution is -2.30. The molecule has 1 saturated heterocycles. The van der Waals surface area contributed by atoms with Gasteiger partial charge in [-0.3, -0.25) is 4.98 Å². The van der Waals surface area contributed by atoms with Crippen LogP contribution in [-0.2, 0) is 0 Å². The number of nitrogens with one attached hydrogen (secondary N) is 1. The number of aromatic nitrogens is 2. The summed E-state index contributed by atoms with van der Waals surface area (Å²) in [5.41, 5.74) is 8.67. The van der Waals surface area contributed by atoms with E-state index in [2.05, 4.69) is 90.8 Å². The molecule has 0 amide bonds. The van der Waals surface area contributed by atoms with Crippen molar-refractivity contribution >= 4 is 17.3 Å². The van der Waals surface area contributed by atoms with E-state index in [1.54, 1.807) is 0 Å². The molecule has 0 radical (unpaired) electrons. The zero-order chi connectivity index (χ0) is 22.1. The molecule has 2 atom stereocenters. The Bertz CT molecular complexity index is 1090. The van der Waals surface area contributed by atoms with Gasteiger partial charge < -0.3 is 14.8 Å². The Balaban J connectivity index is 1.84. The van der Waals surface area contributed by atoms with Crippen molar-refractivity contribution in [3.63, 3.8) is 0 Å². The van der Waals surface area contributed by atoms with Gasteiger partial charge in [0, 0.05) is 29.8 Å². The highest BCUT2D eigenvalue weighted by Gasteiger charge is 2.41. The topological polar surface area (TPSA) is 33.1 Å². The van der Waals surface area contributed by atoms with Gasteiger partial charge in [0.05, 0.1) is 17.8 Å². The van der Waals surface area contributed by atoms with Gasteiger partial charge in [-0.2, -0.15) is 0 Å². The van der Waals surface area contributed by atoms with Crippen molar-refractivity contribution in [2.24, 2.45) is 0 Å². The Morgan fingerprint density at radius 3 is 2.58 bits per heavy atom. The molecule has 4 rings (SSSR count). The minimum absolute atomic E-state index is 0.0399. The third kappa shape index (κ3) is 3.99. The second-order valence-corrected chi connectivity index (χ2v) is 9.01. The molecule has 0 aliphatic carbocycles. The molecule has 162 valence electrons. The monoisotopic (exact) mass is 432 g/mol. The third-order valence-corrected chi connectivity index (χ3v) is 6.70. The van der Waals surface area contributed by atoms with Crippen LogP contribution in [0.2, 0.25) is 0 Å². The van der Waals surface area contributed by atoms with E-state index >= 15 is 0 Å². The summed E-state index contributed by atoms with van der Waals surface area (Å²) in [4.78, 5) is 7.04. The van der Waals surface area contributed by atoms with E-state index in [4.69, 9.17) is 12.2 Å². The van der Waals surface area contributed by atoms with E-state index in [0.29, 0.717) is 0 Å². The Kier molecular flexibility index (Phi) is 6.15. The first kappa shape index (κ1) is 21.6. The highest BCUT2D eigenvalue weighted by molar-refractivity contribution is 7.80. The SMILES string of the molecule is CCCCN1C(=S)NC(c2ccccn2)C1c1cc(C)n(-c2cc(C)ccc2C)c1C. The summed E-state index contributed by atoms with van der Waals surface area (Å²) in [6.07, 6.45) is 4.12. The van der Waals surface area contributed by atoms with Crippen molar-refractivity contribution < 1.29 is 0 Å². The highest BCUT2D eigenvalue weighted by Crippen LogP contribution is 2.41. The predicted octanol–water partition coefficient (Wildman–Crippen LogP) is 5.88. The van der Waals surface area contributed by atoms with Gasteiger partial charge in [-0.05, 0) is 87.3 Å². The predicted molar refractivity (Wildman–Crippen MR) is 132 cm³/mol. The number of unbranched alkanes of at least 4 members (excludes halogenated alkanes) is 1. The molecular weight excluding hydrogens is 400 g/mol. The van der Waals surface area contributed by atoms with E-state index in [-0.39, 0.29) is 12.1 Å². The number of aryl methyl sites for hydroxylation is 3. The van der Waals surface area contributed by atoms with E-state index in [9.17, 15) is 0 Å². The number of hydrogen-bond donors (Lipinski definition) is 1. The normalized spacial score (nSPS) is 18.5. The fraction of sp³-hybridized carbons (Fsp3) is 0.385. The average Bonchev–Trinajstić information content (AvgIpc) is 3.24. The van der Waals surface area contributed by atoms with Crippen molar-refractivity contribution in [3.05, 3.63) is 82.4 Å². The van der Waals surface area contributed by atoms with Gasteiger partial charge in [0.15, 0.2) is 5.11 Å². The van der Waals surface area contributed by atoms with Crippen LogP contribution in [0.1, 0.15) is 65.6 Å². The molecule has 1 aliphatic rings. The first-order chi connectivity index (χ1) is 14.9. The van der Waals surface area contributed by atoms with Crippen molar-refractivity contribution in [2.75, 3.05) is 6.54 Å². The van der Waals surface area contributed by atoms with E-state index in [1.807, 2.05) is 12.3 Å². The first-order valence-corrected chi connectivity index (χ1v) is 11.6. The second-order valence-electron chi connectivity index (χ2n) is 8.63. The van der Waals surface area contributed by atoms with Crippen molar-refractivity contribution in [2.45, 2.75) is 59.5 Å². The molecule has 1 aliphatic heterocycles. The summed E-state index contributed by atoms with van der Waals surface area (Å²) in [7, 11) is 0. The zero-order valence-corrected chi connectivity index (χ0v) is 20.0. The summed E-state index contributed by atoms with van der Waals surface area (Å²) < 4.78 is 2.40. The van der Waals surface area contributed by atoms with Gasteiger partial charge in [0.1, 0.15) is 0 Å². The number of pyridine rings is 1. The van der Waals surface area contributed by atoms with Crippen LogP contribution in [-0.4, -0.2) is 26.1 Å². The smallest absolute Gasteiger partial charge is 0.170 e. The maximum Gasteiger partial charge on any atom is 0.170 e. The van der Waals surface area contributed by atoms with Crippen molar-refractivity contribution in [3.8, 4) is 5.69 Å². The summed E-state index contributed by atoms with van der Waals surface area (Å²) in [6, 6.07) is 15.3. The van der Waals surface area contributed by atoms with Crippen LogP contribution in [0, 0.1) is 27.7 Å². The van der Waals surface area contributed by atoms with Gasteiger partial charge >= 0.3 is 0 Å². The zero-order valence-electron chi connectivity index (χ0n) is 19.1. The molecule has 2 unspecified atom stereocenters. The van der Waals surface area contributed by atoms with E-state index in [1.165, 1.54) is 33.8 Å². The number of rotatable bonds is 6. The summed E-state index contributed by atoms with van der Waals surface area (Å²) in [5, 5.41) is 4.40. The van der Waals surface area contributed by atoms with Crippen LogP contribution < -0.4 is 5.32 Å². The minimum atomic E-state index is 0.0399.